The van der Waals surface area contributed by atoms with E-state index >= 15 is 0 Å². The molecule has 0 aliphatic heterocycles. The van der Waals surface area contributed by atoms with Gasteiger partial charge in [-0.25, -0.2) is 4.79 Å². The van der Waals surface area contributed by atoms with Crippen LogP contribution in [0.15, 0.2) is 60.7 Å². The minimum absolute atomic E-state index is 0.146. The summed E-state index contributed by atoms with van der Waals surface area (Å²) in [6.07, 6.45) is 1.90. The molecule has 1 aliphatic carbocycles. The summed E-state index contributed by atoms with van der Waals surface area (Å²) < 4.78 is 5.97. The van der Waals surface area contributed by atoms with Crippen LogP contribution >= 0.6 is 0 Å². The van der Waals surface area contributed by atoms with Gasteiger partial charge in [0.05, 0.1) is 5.52 Å². The van der Waals surface area contributed by atoms with Crippen LogP contribution in [0.4, 0.5) is 10.6 Å². The third-order valence-corrected chi connectivity index (χ3v) is 5.98. The number of hydrogen-bond donors (Lipinski definition) is 3. The quantitative estimate of drug-likeness (QED) is 0.296. The van der Waals surface area contributed by atoms with Gasteiger partial charge in [0.2, 0.25) is 0 Å². The number of H-pyrrole nitrogens is 1. The van der Waals surface area contributed by atoms with Crippen molar-refractivity contribution in [2.75, 3.05) is 11.9 Å². The number of nitrogens with zero attached hydrogens (tertiary/aromatic N) is 1. The van der Waals surface area contributed by atoms with E-state index in [1.807, 2.05) is 6.07 Å². The molecule has 0 saturated heterocycles. The summed E-state index contributed by atoms with van der Waals surface area (Å²) in [5.74, 6) is 0.687. The molecule has 35 heavy (non-hydrogen) atoms. The van der Waals surface area contributed by atoms with Crippen LogP contribution in [0, 0.1) is 0 Å². The van der Waals surface area contributed by atoms with E-state index in [9.17, 15) is 14.4 Å². The Balaban J connectivity index is 1.31. The fourth-order valence-corrected chi connectivity index (χ4v) is 4.11. The summed E-state index contributed by atoms with van der Waals surface area (Å²) in [4.78, 5) is 37.9. The van der Waals surface area contributed by atoms with Gasteiger partial charge in [0, 0.05) is 34.2 Å². The first-order chi connectivity index (χ1) is 17.0. The first kappa shape index (κ1) is 22.3. The normalized spacial score (nSPS) is 12.3. The molecule has 1 aliphatic rings. The Kier molecular flexibility index (Phi) is 6.01. The predicted molar refractivity (Wildman–Crippen MR) is 132 cm³/mol. The fourth-order valence-electron chi connectivity index (χ4n) is 4.11. The topological polar surface area (TPSA) is 113 Å². The molecule has 4 aromatic rings. The Labute approximate surface area is 201 Å². The first-order valence-corrected chi connectivity index (χ1v) is 11.5. The number of aromatic nitrogens is 2. The Bertz CT molecular complexity index is 1460. The molecule has 0 unspecified atom stereocenters. The second kappa shape index (κ2) is 9.42. The molecule has 8 heteroatoms. The van der Waals surface area contributed by atoms with E-state index in [0.29, 0.717) is 40.4 Å². The lowest BCUT2D eigenvalue weighted by atomic mass is 9.83. The maximum Gasteiger partial charge on any atom is 0.320 e. The van der Waals surface area contributed by atoms with Crippen molar-refractivity contribution in [3.05, 3.63) is 88.5 Å². The number of hydrogen-bond acceptors (Lipinski definition) is 5. The zero-order valence-corrected chi connectivity index (χ0v) is 19.2. The highest BCUT2D eigenvalue weighted by molar-refractivity contribution is 6.28. The second-order valence-corrected chi connectivity index (χ2v) is 8.39. The smallest absolute Gasteiger partial charge is 0.320 e. The zero-order valence-electron chi connectivity index (χ0n) is 19.2. The van der Waals surface area contributed by atoms with Crippen molar-refractivity contribution in [1.29, 1.82) is 0 Å². The van der Waals surface area contributed by atoms with Gasteiger partial charge < -0.3 is 10.1 Å². The van der Waals surface area contributed by atoms with Crippen molar-refractivity contribution < 1.29 is 19.1 Å². The lowest BCUT2D eigenvalue weighted by molar-refractivity contribution is 0.0979. The van der Waals surface area contributed by atoms with Gasteiger partial charge in [-0.1, -0.05) is 43.7 Å². The van der Waals surface area contributed by atoms with E-state index in [1.54, 1.807) is 54.6 Å². The number of rotatable bonds is 7. The minimum Gasteiger partial charge on any atom is -0.489 e. The number of ketones is 2. The van der Waals surface area contributed by atoms with E-state index in [-0.39, 0.29) is 24.2 Å². The van der Waals surface area contributed by atoms with Gasteiger partial charge in [-0.3, -0.25) is 20.0 Å². The third kappa shape index (κ3) is 4.38. The average molecular weight is 469 g/mol. The van der Waals surface area contributed by atoms with Gasteiger partial charge in [0.15, 0.2) is 17.4 Å². The summed E-state index contributed by atoms with van der Waals surface area (Å²) >= 11 is 0. The van der Waals surface area contributed by atoms with Gasteiger partial charge >= 0.3 is 6.03 Å². The fraction of sp³-hybridized carbons (Fsp3) is 0.185. The van der Waals surface area contributed by atoms with Crippen LogP contribution in [0.3, 0.4) is 0 Å². The molecule has 0 atom stereocenters. The van der Waals surface area contributed by atoms with Crippen LogP contribution in [0.25, 0.3) is 10.9 Å². The van der Waals surface area contributed by atoms with Crippen LogP contribution < -0.4 is 15.4 Å². The summed E-state index contributed by atoms with van der Waals surface area (Å²) in [6, 6.07) is 17.2. The van der Waals surface area contributed by atoms with Crippen LogP contribution in [-0.4, -0.2) is 34.3 Å². The highest BCUT2D eigenvalue weighted by atomic mass is 16.5. The lowest BCUT2D eigenvalue weighted by Crippen LogP contribution is -2.29. The molecule has 3 N–H and O–H groups in total. The molecule has 176 valence electrons. The number of aromatic amines is 1. The summed E-state index contributed by atoms with van der Waals surface area (Å²) in [6.45, 7) is 2.86. The molecule has 2 amide bonds. The van der Waals surface area contributed by atoms with E-state index in [2.05, 4.69) is 27.8 Å². The molecule has 5 rings (SSSR count). The number of fused-ring (bicyclic) bond motifs is 3. The largest absolute Gasteiger partial charge is 0.489 e. The molecule has 0 radical (unpaired) electrons. The van der Waals surface area contributed by atoms with Crippen LogP contribution in [0.5, 0.6) is 5.75 Å². The summed E-state index contributed by atoms with van der Waals surface area (Å²) in [5, 5.41) is 13.4. The number of carbonyl (C=O) groups is 3. The standard InChI is InChI=1S/C27H24N4O4/c1-2-3-12-28-27(34)29-26-22-14-17(9-11-23(22)30-31-26)35-15-16-8-10-20-21(13-16)25(33)19-7-5-4-6-18(19)24(20)32/h4-11,13-14H,2-3,12,15H2,1H3,(H3,28,29,30,31,34). The number of carbonyl (C=O) groups excluding carboxylic acids is 3. The number of ether oxygens (including phenoxy) is 1. The Hall–Kier alpha value is -4.46. The van der Waals surface area contributed by atoms with E-state index < -0.39 is 0 Å². The van der Waals surface area contributed by atoms with Crippen molar-refractivity contribution in [2.45, 2.75) is 26.4 Å². The Morgan fingerprint density at radius 3 is 2.46 bits per heavy atom. The van der Waals surface area contributed by atoms with Gasteiger partial charge in [-0.15, -0.1) is 0 Å². The molecular weight excluding hydrogens is 444 g/mol. The number of benzene rings is 3. The van der Waals surface area contributed by atoms with Crippen molar-refractivity contribution in [2.24, 2.45) is 0 Å². The highest BCUT2D eigenvalue weighted by Gasteiger charge is 2.29. The van der Waals surface area contributed by atoms with E-state index in [4.69, 9.17) is 4.74 Å². The number of anilines is 1. The molecular formula is C27H24N4O4. The summed E-state index contributed by atoms with van der Waals surface area (Å²) in [5.41, 5.74) is 3.19. The average Bonchev–Trinajstić information content (AvgIpc) is 3.28. The van der Waals surface area contributed by atoms with Gasteiger partial charge in [-0.05, 0) is 42.3 Å². The van der Waals surface area contributed by atoms with Crippen molar-refractivity contribution in [3.63, 3.8) is 0 Å². The Morgan fingerprint density at radius 1 is 0.943 bits per heavy atom. The number of nitrogens with one attached hydrogen (secondary N) is 3. The van der Waals surface area contributed by atoms with Crippen molar-refractivity contribution in [3.8, 4) is 5.75 Å². The minimum atomic E-state index is -0.312. The molecule has 0 bridgehead atoms. The molecule has 8 nitrogen and oxygen atoms in total. The van der Waals surface area contributed by atoms with Crippen LogP contribution in [-0.2, 0) is 6.61 Å². The SMILES string of the molecule is CCCCNC(=O)Nc1n[nH]c2ccc(OCc3ccc4c(c3)C(=O)c3ccccc3C4=O)cc12. The van der Waals surface area contributed by atoms with E-state index in [0.717, 1.165) is 29.3 Å². The zero-order chi connectivity index (χ0) is 24.4. The van der Waals surface area contributed by atoms with Gasteiger partial charge in [0.1, 0.15) is 12.4 Å². The second-order valence-electron chi connectivity index (χ2n) is 8.39. The molecule has 0 fully saturated rings. The van der Waals surface area contributed by atoms with Crippen molar-refractivity contribution >= 4 is 34.3 Å². The molecule has 0 spiro atoms. The summed E-state index contributed by atoms with van der Waals surface area (Å²) in [7, 11) is 0. The number of amides is 2. The highest BCUT2D eigenvalue weighted by Crippen LogP contribution is 2.29. The van der Waals surface area contributed by atoms with Crippen LogP contribution in [0.1, 0.15) is 57.2 Å². The number of urea groups is 1. The number of unbranched alkanes of at least 4 members (excludes halogenated alkanes) is 1. The maximum absolute atomic E-state index is 13.0. The Morgan fingerprint density at radius 2 is 1.69 bits per heavy atom. The molecule has 1 heterocycles. The first-order valence-electron chi connectivity index (χ1n) is 11.5. The molecule has 1 aromatic heterocycles. The third-order valence-electron chi connectivity index (χ3n) is 5.98. The van der Waals surface area contributed by atoms with Gasteiger partial charge in [0.25, 0.3) is 0 Å². The van der Waals surface area contributed by atoms with E-state index in [1.165, 1.54) is 0 Å². The monoisotopic (exact) mass is 468 g/mol. The lowest BCUT2D eigenvalue weighted by Gasteiger charge is -2.18. The van der Waals surface area contributed by atoms with Crippen LogP contribution in [0.2, 0.25) is 0 Å². The maximum atomic E-state index is 13.0. The molecule has 0 saturated carbocycles. The van der Waals surface area contributed by atoms with Gasteiger partial charge in [-0.2, -0.15) is 5.10 Å². The van der Waals surface area contributed by atoms with Crippen molar-refractivity contribution in [1.82, 2.24) is 15.5 Å². The molecule has 3 aromatic carbocycles. The predicted octanol–water partition coefficient (Wildman–Crippen LogP) is 4.84.